The Morgan fingerprint density at radius 2 is 1.96 bits per heavy atom. The summed E-state index contributed by atoms with van der Waals surface area (Å²) in [5.41, 5.74) is -0.0457. The first-order valence-electron chi connectivity index (χ1n) is 7.96. The quantitative estimate of drug-likeness (QED) is 0.595. The van der Waals surface area contributed by atoms with Gasteiger partial charge in [-0.15, -0.1) is 0 Å². The van der Waals surface area contributed by atoms with Gasteiger partial charge >= 0.3 is 11.8 Å². The smallest absolute Gasteiger partial charge is 0.407 e. The number of nitrogens with zero attached hydrogens (tertiary/aromatic N) is 1. The number of ether oxygens (including phenoxy) is 3. The largest absolute Gasteiger partial charge is 0.490 e. The minimum atomic E-state index is -0.573. The van der Waals surface area contributed by atoms with Gasteiger partial charge in [-0.25, -0.2) is 4.79 Å². The van der Waals surface area contributed by atoms with Gasteiger partial charge in [-0.05, 0) is 46.2 Å². The van der Waals surface area contributed by atoms with Crippen LogP contribution in [0.15, 0.2) is 18.2 Å². The molecule has 1 N–H and O–H groups in total. The van der Waals surface area contributed by atoms with E-state index >= 15 is 0 Å². The second kappa shape index (κ2) is 8.66. The van der Waals surface area contributed by atoms with Crippen molar-refractivity contribution in [3.63, 3.8) is 0 Å². The molecular formula is C17H26N2O6. The van der Waals surface area contributed by atoms with Gasteiger partial charge in [-0.2, -0.15) is 0 Å². The number of carbonyl (C=O) groups is 1. The zero-order valence-corrected chi connectivity index (χ0v) is 15.5. The zero-order chi connectivity index (χ0) is 19.2. The number of nitro benzene ring substituents is 1. The molecule has 1 rings (SSSR count). The Morgan fingerprint density at radius 1 is 1.32 bits per heavy atom. The highest BCUT2D eigenvalue weighted by Crippen LogP contribution is 2.27. The van der Waals surface area contributed by atoms with E-state index in [0.29, 0.717) is 5.56 Å². The summed E-state index contributed by atoms with van der Waals surface area (Å²) in [4.78, 5) is 22.3. The van der Waals surface area contributed by atoms with E-state index in [2.05, 4.69) is 5.32 Å². The molecule has 0 spiro atoms. The number of hydrogen-bond acceptors (Lipinski definition) is 6. The van der Waals surface area contributed by atoms with Gasteiger partial charge in [0.25, 0.3) is 0 Å². The number of rotatable bonds is 7. The van der Waals surface area contributed by atoms with E-state index in [4.69, 9.17) is 14.2 Å². The van der Waals surface area contributed by atoms with Gasteiger partial charge in [0.1, 0.15) is 5.60 Å². The first-order chi connectivity index (χ1) is 11.5. The van der Waals surface area contributed by atoms with E-state index in [1.165, 1.54) is 19.2 Å². The molecule has 25 heavy (non-hydrogen) atoms. The van der Waals surface area contributed by atoms with Gasteiger partial charge in [-0.1, -0.05) is 6.07 Å². The van der Waals surface area contributed by atoms with Gasteiger partial charge in [0, 0.05) is 6.07 Å². The van der Waals surface area contributed by atoms with Crippen LogP contribution in [0.25, 0.3) is 0 Å². The summed E-state index contributed by atoms with van der Waals surface area (Å²) in [6, 6.07) is 4.36. The minimum absolute atomic E-state index is 0.115. The fourth-order valence-electron chi connectivity index (χ4n) is 1.95. The van der Waals surface area contributed by atoms with Crippen LogP contribution in [-0.2, 0) is 16.1 Å². The lowest BCUT2D eigenvalue weighted by Crippen LogP contribution is -2.43. The lowest BCUT2D eigenvalue weighted by molar-refractivity contribution is -0.385. The number of amides is 1. The lowest BCUT2D eigenvalue weighted by atomic mass is 10.2. The highest BCUT2D eigenvalue weighted by Gasteiger charge is 2.21. The molecular weight excluding hydrogens is 328 g/mol. The van der Waals surface area contributed by atoms with Crippen LogP contribution in [0, 0.1) is 10.1 Å². The normalized spacial score (nSPS) is 13.7. The standard InChI is InChI=1S/C17H26N2O6/c1-11(18-16(20)25-17(3,4)5)12(2)24-10-13-7-8-15(23-6)14(9-13)19(21)22/h7-9,11-12H,10H2,1-6H3,(H,18,20)/t11-,12?/m0/s1. The molecule has 8 heteroatoms. The molecule has 140 valence electrons. The second-order valence-electron chi connectivity index (χ2n) is 6.71. The summed E-state index contributed by atoms with van der Waals surface area (Å²) >= 11 is 0. The molecule has 0 saturated carbocycles. The van der Waals surface area contributed by atoms with Crippen molar-refractivity contribution in [2.75, 3.05) is 7.11 Å². The first-order valence-corrected chi connectivity index (χ1v) is 7.96. The molecule has 0 aliphatic heterocycles. The summed E-state index contributed by atoms with van der Waals surface area (Å²) in [6.07, 6.45) is -0.829. The Labute approximate surface area is 147 Å². The van der Waals surface area contributed by atoms with Crippen molar-refractivity contribution < 1.29 is 23.9 Å². The van der Waals surface area contributed by atoms with Crippen LogP contribution in [0.4, 0.5) is 10.5 Å². The average Bonchev–Trinajstić information content (AvgIpc) is 2.50. The maximum absolute atomic E-state index is 11.8. The van der Waals surface area contributed by atoms with Crippen molar-refractivity contribution in [1.29, 1.82) is 0 Å². The number of hydrogen-bond donors (Lipinski definition) is 1. The second-order valence-corrected chi connectivity index (χ2v) is 6.71. The van der Waals surface area contributed by atoms with Crippen LogP contribution in [0.2, 0.25) is 0 Å². The summed E-state index contributed by atoms with van der Waals surface area (Å²) in [7, 11) is 1.38. The molecule has 0 heterocycles. The van der Waals surface area contributed by atoms with Crippen LogP contribution in [0.3, 0.4) is 0 Å². The molecule has 0 aromatic heterocycles. The van der Waals surface area contributed by atoms with Crippen LogP contribution >= 0.6 is 0 Å². The highest BCUT2D eigenvalue weighted by atomic mass is 16.6. The number of nitrogens with one attached hydrogen (secondary N) is 1. The molecule has 1 amide bonds. The predicted octanol–water partition coefficient (Wildman–Crippen LogP) is 3.42. The SMILES string of the molecule is COc1ccc(COC(C)[C@H](C)NC(=O)OC(C)(C)C)cc1[N+](=O)[O-]. The zero-order valence-electron chi connectivity index (χ0n) is 15.5. The number of carbonyl (C=O) groups excluding carboxylic acids is 1. The van der Waals surface area contributed by atoms with Crippen LogP contribution in [0.5, 0.6) is 5.75 Å². The van der Waals surface area contributed by atoms with E-state index < -0.39 is 16.6 Å². The Kier molecular flexibility index (Phi) is 7.17. The molecule has 1 aromatic rings. The lowest BCUT2D eigenvalue weighted by Gasteiger charge is -2.25. The van der Waals surface area contributed by atoms with E-state index in [9.17, 15) is 14.9 Å². The Hall–Kier alpha value is -2.35. The maximum Gasteiger partial charge on any atom is 0.407 e. The van der Waals surface area contributed by atoms with Gasteiger partial charge in [0.2, 0.25) is 0 Å². The van der Waals surface area contributed by atoms with Crippen molar-refractivity contribution in [1.82, 2.24) is 5.32 Å². The third-order valence-electron chi connectivity index (χ3n) is 3.40. The van der Waals surface area contributed by atoms with Gasteiger partial charge < -0.3 is 19.5 Å². The fourth-order valence-corrected chi connectivity index (χ4v) is 1.95. The maximum atomic E-state index is 11.8. The van der Waals surface area contributed by atoms with Gasteiger partial charge in [0.05, 0.1) is 30.8 Å². The molecule has 1 aromatic carbocycles. The highest BCUT2D eigenvalue weighted by molar-refractivity contribution is 5.68. The number of nitro groups is 1. The molecule has 0 radical (unpaired) electrons. The van der Waals surface area contributed by atoms with E-state index in [1.807, 2.05) is 0 Å². The average molecular weight is 354 g/mol. The summed E-state index contributed by atoms with van der Waals surface area (Å²) in [6.45, 7) is 9.13. The van der Waals surface area contributed by atoms with Crippen molar-refractivity contribution >= 4 is 11.8 Å². The molecule has 8 nitrogen and oxygen atoms in total. The molecule has 0 bridgehead atoms. The number of methoxy groups -OCH3 is 1. The predicted molar refractivity (Wildman–Crippen MR) is 92.7 cm³/mol. The third kappa shape index (κ3) is 6.96. The molecule has 0 aliphatic carbocycles. The van der Waals surface area contributed by atoms with Crippen molar-refractivity contribution in [2.45, 2.75) is 59.0 Å². The Morgan fingerprint density at radius 3 is 2.48 bits per heavy atom. The van der Waals surface area contributed by atoms with Gasteiger partial charge in [0.15, 0.2) is 5.75 Å². The Balaban J connectivity index is 2.61. The third-order valence-corrected chi connectivity index (χ3v) is 3.40. The Bertz CT molecular complexity index is 612. The van der Waals surface area contributed by atoms with Crippen LogP contribution < -0.4 is 10.1 Å². The molecule has 0 saturated heterocycles. The first kappa shape index (κ1) is 20.7. The summed E-state index contributed by atoms with van der Waals surface area (Å²) < 4.78 is 15.9. The van der Waals surface area contributed by atoms with Gasteiger partial charge in [-0.3, -0.25) is 10.1 Å². The van der Waals surface area contributed by atoms with Crippen molar-refractivity contribution in [3.8, 4) is 5.75 Å². The minimum Gasteiger partial charge on any atom is -0.490 e. The molecule has 1 unspecified atom stereocenters. The molecule has 0 aliphatic rings. The van der Waals surface area contributed by atoms with Crippen LogP contribution in [0.1, 0.15) is 40.2 Å². The number of alkyl carbamates (subject to hydrolysis) is 1. The van der Waals surface area contributed by atoms with E-state index in [0.717, 1.165) is 0 Å². The topological polar surface area (TPSA) is 99.9 Å². The van der Waals surface area contributed by atoms with E-state index in [-0.39, 0.29) is 30.2 Å². The van der Waals surface area contributed by atoms with E-state index in [1.54, 1.807) is 40.7 Å². The van der Waals surface area contributed by atoms with Crippen LogP contribution in [-0.4, -0.2) is 35.9 Å². The molecule has 0 fully saturated rings. The summed E-state index contributed by atoms with van der Waals surface area (Å²) in [5.74, 6) is 0.196. The van der Waals surface area contributed by atoms with Crippen molar-refractivity contribution in [3.05, 3.63) is 33.9 Å². The summed E-state index contributed by atoms with van der Waals surface area (Å²) in [5, 5.41) is 13.7. The fraction of sp³-hybridized carbons (Fsp3) is 0.588. The monoisotopic (exact) mass is 354 g/mol. The molecule has 2 atom stereocenters. The number of benzene rings is 1. The van der Waals surface area contributed by atoms with Crippen molar-refractivity contribution in [2.24, 2.45) is 0 Å².